The Balaban J connectivity index is 1.47. The molecule has 138 valence electrons. The molecule has 2 aromatic rings. The Morgan fingerprint density at radius 3 is 2.88 bits per heavy atom. The molecule has 0 N–H and O–H groups in total. The first-order chi connectivity index (χ1) is 12.4. The maximum Gasteiger partial charge on any atom is 0.292 e. The van der Waals surface area contributed by atoms with E-state index in [9.17, 15) is 13.2 Å². The van der Waals surface area contributed by atoms with Crippen LogP contribution in [-0.4, -0.2) is 59.6 Å². The summed E-state index contributed by atoms with van der Waals surface area (Å²) in [5, 5.41) is 3.71. The number of aromatic nitrogens is 2. The molecule has 0 aromatic carbocycles. The zero-order valence-electron chi connectivity index (χ0n) is 14.3. The summed E-state index contributed by atoms with van der Waals surface area (Å²) in [6, 6.07) is 6.89. The Bertz CT molecular complexity index is 919. The van der Waals surface area contributed by atoms with Gasteiger partial charge in [-0.05, 0) is 19.4 Å². The number of pyridine rings is 1. The predicted octanol–water partition coefficient (Wildman–Crippen LogP) is 1.09. The molecule has 2 fully saturated rings. The lowest BCUT2D eigenvalue weighted by atomic mass is 9.83. The molecule has 0 radical (unpaired) electrons. The smallest absolute Gasteiger partial charge is 0.292 e. The molecule has 0 bridgehead atoms. The van der Waals surface area contributed by atoms with Gasteiger partial charge in [0.15, 0.2) is 9.84 Å². The minimum Gasteiger partial charge on any atom is -0.477 e. The second kappa shape index (κ2) is 6.08. The summed E-state index contributed by atoms with van der Waals surface area (Å²) in [5.41, 5.74) is 0.610. The van der Waals surface area contributed by atoms with Gasteiger partial charge in [-0.1, -0.05) is 11.2 Å². The molecule has 1 spiro atoms. The molecule has 2 aliphatic rings. The van der Waals surface area contributed by atoms with E-state index >= 15 is 0 Å². The van der Waals surface area contributed by atoms with Gasteiger partial charge in [0.1, 0.15) is 4.75 Å². The van der Waals surface area contributed by atoms with Crippen molar-refractivity contribution >= 4 is 15.7 Å². The third-order valence-electron chi connectivity index (χ3n) is 5.21. The number of aryl methyl sites for hydroxylation is 1. The number of amides is 1. The zero-order chi connectivity index (χ0) is 18.4. The van der Waals surface area contributed by atoms with E-state index < -0.39 is 14.6 Å². The van der Waals surface area contributed by atoms with E-state index in [4.69, 9.17) is 9.26 Å². The van der Waals surface area contributed by atoms with Gasteiger partial charge in [-0.3, -0.25) is 4.79 Å². The molecule has 4 heterocycles. The average molecular weight is 377 g/mol. The van der Waals surface area contributed by atoms with Crippen molar-refractivity contribution in [3.63, 3.8) is 0 Å². The normalized spacial score (nSPS) is 23.0. The van der Waals surface area contributed by atoms with Crippen LogP contribution in [0, 0.1) is 12.8 Å². The van der Waals surface area contributed by atoms with Crippen molar-refractivity contribution in [3.8, 4) is 5.88 Å². The molecule has 1 atom stereocenters. The first kappa shape index (κ1) is 17.0. The van der Waals surface area contributed by atoms with Gasteiger partial charge in [0, 0.05) is 37.3 Å². The van der Waals surface area contributed by atoms with Gasteiger partial charge in [-0.25, -0.2) is 13.4 Å². The lowest BCUT2D eigenvalue weighted by molar-refractivity contribution is 0.0371. The fourth-order valence-electron chi connectivity index (χ4n) is 3.69. The van der Waals surface area contributed by atoms with Crippen molar-refractivity contribution in [2.45, 2.75) is 18.1 Å². The van der Waals surface area contributed by atoms with Gasteiger partial charge in [0.05, 0.1) is 18.1 Å². The number of hydrogen-bond donors (Lipinski definition) is 0. The number of sulfone groups is 1. The number of carbonyl (C=O) groups excluding carboxylic acids is 1. The quantitative estimate of drug-likeness (QED) is 0.786. The summed E-state index contributed by atoms with van der Waals surface area (Å²) in [5.74, 6) is 0.218. The van der Waals surface area contributed by atoms with Crippen LogP contribution in [0.5, 0.6) is 5.88 Å². The van der Waals surface area contributed by atoms with Crippen molar-refractivity contribution < 1.29 is 22.5 Å². The Morgan fingerprint density at radius 2 is 2.23 bits per heavy atom. The molecule has 9 heteroatoms. The summed E-state index contributed by atoms with van der Waals surface area (Å²) in [4.78, 5) is 18.0. The Hall–Kier alpha value is -2.42. The Kier molecular flexibility index (Phi) is 3.98. The summed E-state index contributed by atoms with van der Waals surface area (Å²) in [6.45, 7) is 2.30. The average Bonchev–Trinajstić information content (AvgIpc) is 3.13. The number of carbonyl (C=O) groups is 1. The standard InChI is InChI=1S/C17H19N3O5S/c1-12-8-14(25-19-12)16(21)20-10-17(11-20)13(5-7-26(17,22)23)9-24-15-4-2-3-6-18-15/h2-4,6,8,13H,5,7,9-11H2,1H3/t13-/m0/s1. The minimum atomic E-state index is -3.29. The van der Waals surface area contributed by atoms with E-state index in [1.165, 1.54) is 4.90 Å². The highest BCUT2D eigenvalue weighted by Gasteiger charge is 2.63. The van der Waals surface area contributed by atoms with Crippen LogP contribution in [-0.2, 0) is 9.84 Å². The van der Waals surface area contributed by atoms with Crippen molar-refractivity contribution in [2.24, 2.45) is 5.92 Å². The lowest BCUT2D eigenvalue weighted by Crippen LogP contribution is -2.68. The molecule has 0 saturated carbocycles. The molecule has 0 unspecified atom stereocenters. The second-order valence-corrected chi connectivity index (χ2v) is 9.29. The molecule has 2 aliphatic heterocycles. The van der Waals surface area contributed by atoms with Crippen molar-refractivity contribution in [1.82, 2.24) is 15.0 Å². The largest absolute Gasteiger partial charge is 0.477 e. The maximum absolute atomic E-state index is 12.7. The molecule has 2 saturated heterocycles. The van der Waals surface area contributed by atoms with Gasteiger partial charge in [-0.15, -0.1) is 0 Å². The van der Waals surface area contributed by atoms with Crippen LogP contribution in [0.1, 0.15) is 22.7 Å². The van der Waals surface area contributed by atoms with Crippen LogP contribution in [0.2, 0.25) is 0 Å². The molecular weight excluding hydrogens is 358 g/mol. The first-order valence-electron chi connectivity index (χ1n) is 8.40. The van der Waals surface area contributed by atoms with E-state index in [0.29, 0.717) is 18.0 Å². The van der Waals surface area contributed by atoms with Crippen LogP contribution >= 0.6 is 0 Å². The van der Waals surface area contributed by atoms with Crippen LogP contribution in [0.4, 0.5) is 0 Å². The number of hydrogen-bond acceptors (Lipinski definition) is 7. The van der Waals surface area contributed by atoms with Crippen molar-refractivity contribution in [2.75, 3.05) is 25.4 Å². The monoisotopic (exact) mass is 377 g/mol. The number of likely N-dealkylation sites (tertiary alicyclic amines) is 1. The van der Waals surface area contributed by atoms with E-state index in [0.717, 1.165) is 0 Å². The highest BCUT2D eigenvalue weighted by atomic mass is 32.2. The summed E-state index contributed by atoms with van der Waals surface area (Å²) < 4.78 is 35.1. The predicted molar refractivity (Wildman–Crippen MR) is 91.5 cm³/mol. The van der Waals surface area contributed by atoms with Gasteiger partial charge in [0.2, 0.25) is 11.6 Å². The van der Waals surface area contributed by atoms with Crippen molar-refractivity contribution in [1.29, 1.82) is 0 Å². The first-order valence-corrected chi connectivity index (χ1v) is 10.1. The highest BCUT2D eigenvalue weighted by molar-refractivity contribution is 7.93. The SMILES string of the molecule is Cc1cc(C(=O)N2CC3(C2)[C@H](COc2ccccn2)CCS3(=O)=O)on1. The minimum absolute atomic E-state index is 0.118. The molecule has 1 amide bonds. The van der Waals surface area contributed by atoms with Crippen LogP contribution in [0.25, 0.3) is 0 Å². The molecule has 0 aliphatic carbocycles. The topological polar surface area (TPSA) is 103 Å². The Morgan fingerprint density at radius 1 is 1.42 bits per heavy atom. The lowest BCUT2D eigenvalue weighted by Gasteiger charge is -2.49. The van der Waals surface area contributed by atoms with Gasteiger partial charge in [0.25, 0.3) is 5.91 Å². The van der Waals surface area contributed by atoms with E-state index in [1.54, 1.807) is 31.3 Å². The molecule has 8 nitrogen and oxygen atoms in total. The number of nitrogens with zero attached hydrogens (tertiary/aromatic N) is 3. The third kappa shape index (κ3) is 2.66. The molecule has 26 heavy (non-hydrogen) atoms. The molecular formula is C17H19N3O5S. The van der Waals surface area contributed by atoms with E-state index in [1.807, 2.05) is 6.07 Å². The second-order valence-electron chi connectivity index (χ2n) is 6.84. The van der Waals surface area contributed by atoms with Crippen LogP contribution in [0.15, 0.2) is 35.0 Å². The summed E-state index contributed by atoms with van der Waals surface area (Å²) in [7, 11) is -3.29. The van der Waals surface area contributed by atoms with Crippen LogP contribution < -0.4 is 4.74 Å². The van der Waals surface area contributed by atoms with E-state index in [-0.39, 0.29) is 43.0 Å². The molecule has 2 aromatic heterocycles. The fraction of sp³-hybridized carbons (Fsp3) is 0.471. The summed E-state index contributed by atoms with van der Waals surface area (Å²) in [6.07, 6.45) is 2.15. The number of ether oxygens (including phenoxy) is 1. The third-order valence-corrected chi connectivity index (χ3v) is 7.82. The fourth-order valence-corrected chi connectivity index (χ4v) is 6.09. The van der Waals surface area contributed by atoms with Crippen LogP contribution in [0.3, 0.4) is 0 Å². The van der Waals surface area contributed by atoms with Gasteiger partial charge < -0.3 is 14.2 Å². The van der Waals surface area contributed by atoms with Crippen molar-refractivity contribution in [3.05, 3.63) is 41.9 Å². The zero-order valence-corrected chi connectivity index (χ0v) is 15.1. The summed E-state index contributed by atoms with van der Waals surface area (Å²) >= 11 is 0. The number of rotatable bonds is 4. The van der Waals surface area contributed by atoms with Gasteiger partial charge >= 0.3 is 0 Å². The maximum atomic E-state index is 12.7. The highest BCUT2D eigenvalue weighted by Crippen LogP contribution is 2.45. The molecule has 4 rings (SSSR count). The Labute approximate surface area is 151 Å². The van der Waals surface area contributed by atoms with E-state index in [2.05, 4.69) is 10.1 Å². The van der Waals surface area contributed by atoms with Gasteiger partial charge in [-0.2, -0.15) is 0 Å².